The van der Waals surface area contributed by atoms with E-state index in [0.29, 0.717) is 69.0 Å². The number of anilines is 1. The largest absolute Gasteiger partial charge is 0.497 e. The Bertz CT molecular complexity index is 2820. The van der Waals surface area contributed by atoms with Gasteiger partial charge in [0.25, 0.3) is 5.91 Å². The zero-order chi connectivity index (χ0) is 42.6. The van der Waals surface area contributed by atoms with E-state index in [1.807, 2.05) is 58.0 Å². The molecule has 4 aromatic heterocycles. The highest BCUT2D eigenvalue weighted by Crippen LogP contribution is 2.46. The number of halogens is 2. The number of carboxylic acids is 1. The van der Waals surface area contributed by atoms with Crippen LogP contribution in [0.3, 0.4) is 0 Å². The van der Waals surface area contributed by atoms with Crippen molar-refractivity contribution in [2.24, 2.45) is 0 Å². The second-order valence-electron chi connectivity index (χ2n) is 15.2. The molecule has 60 heavy (non-hydrogen) atoms. The molecule has 308 valence electrons. The van der Waals surface area contributed by atoms with Crippen LogP contribution in [0.4, 0.5) is 5.69 Å². The van der Waals surface area contributed by atoms with Crippen LogP contribution in [0.5, 0.6) is 17.2 Å². The van der Waals surface area contributed by atoms with Gasteiger partial charge in [0.1, 0.15) is 35.0 Å². The summed E-state index contributed by atoms with van der Waals surface area (Å²) in [6.07, 6.45) is 4.27. The van der Waals surface area contributed by atoms with E-state index in [4.69, 9.17) is 37.4 Å². The van der Waals surface area contributed by atoms with Crippen LogP contribution < -0.4 is 19.1 Å². The van der Waals surface area contributed by atoms with E-state index >= 15 is 4.79 Å². The molecule has 1 amide bonds. The first-order valence-electron chi connectivity index (χ1n) is 19.6. The SMILES string of the molecule is COc1ccnc(Cn2c(C(=O)O)cc3c(OC)ccc(N4CC(C)n5c(c(CCCOc6cc(C)c(Cl)c(C)c6)c6ccc(Cl)c(-c7c(C)ncnc7C)c65)C4=O)c32)c1. The first kappa shape index (κ1) is 40.7. The molecule has 3 aromatic carbocycles. The zero-order valence-corrected chi connectivity index (χ0v) is 35.9. The van der Waals surface area contributed by atoms with Gasteiger partial charge >= 0.3 is 5.97 Å². The highest BCUT2D eigenvalue weighted by Gasteiger charge is 2.38. The molecule has 1 unspecified atom stereocenters. The fraction of sp³-hybridized carbons (Fsp3) is 0.283. The van der Waals surface area contributed by atoms with E-state index in [0.717, 1.165) is 55.9 Å². The number of amides is 1. The number of nitrogens with zero attached hydrogens (tertiary/aromatic N) is 6. The highest BCUT2D eigenvalue weighted by atomic mass is 35.5. The number of ether oxygens (including phenoxy) is 3. The second-order valence-corrected chi connectivity index (χ2v) is 16.0. The third-order valence-corrected chi connectivity index (χ3v) is 12.3. The summed E-state index contributed by atoms with van der Waals surface area (Å²) in [4.78, 5) is 43.7. The van der Waals surface area contributed by atoms with E-state index in [1.165, 1.54) is 7.11 Å². The third-order valence-electron chi connectivity index (χ3n) is 11.4. The lowest BCUT2D eigenvalue weighted by atomic mass is 9.97. The minimum atomic E-state index is -1.13. The molecule has 7 aromatic rings. The lowest BCUT2D eigenvalue weighted by Crippen LogP contribution is -2.43. The summed E-state index contributed by atoms with van der Waals surface area (Å²) in [7, 11) is 3.10. The Kier molecular flexibility index (Phi) is 10.9. The van der Waals surface area contributed by atoms with Gasteiger partial charge in [-0.05, 0) is 107 Å². The maximum absolute atomic E-state index is 15.5. The Labute approximate surface area is 357 Å². The van der Waals surface area contributed by atoms with Crippen molar-refractivity contribution in [2.75, 3.05) is 32.3 Å². The molecule has 0 saturated heterocycles. The fourth-order valence-corrected chi connectivity index (χ4v) is 9.02. The van der Waals surface area contributed by atoms with Gasteiger partial charge < -0.3 is 33.4 Å². The first-order chi connectivity index (χ1) is 28.8. The van der Waals surface area contributed by atoms with Crippen molar-refractivity contribution in [3.63, 3.8) is 0 Å². The Morgan fingerprint density at radius 1 is 0.867 bits per heavy atom. The van der Waals surface area contributed by atoms with Crippen LogP contribution in [0, 0.1) is 27.7 Å². The summed E-state index contributed by atoms with van der Waals surface area (Å²) in [5.41, 5.74) is 8.89. The second kappa shape index (κ2) is 16.2. The zero-order valence-electron chi connectivity index (χ0n) is 34.4. The molecular formula is C46H44Cl2N6O6. The average Bonchev–Trinajstić information content (AvgIpc) is 3.77. The highest BCUT2D eigenvalue weighted by molar-refractivity contribution is 6.35. The molecule has 1 atom stereocenters. The third kappa shape index (κ3) is 6.97. The summed E-state index contributed by atoms with van der Waals surface area (Å²) >= 11 is 13.6. The molecule has 0 spiro atoms. The van der Waals surface area contributed by atoms with Crippen molar-refractivity contribution >= 4 is 62.6 Å². The number of carbonyl (C=O) groups excluding carboxylic acids is 1. The number of aromatic carboxylic acids is 1. The van der Waals surface area contributed by atoms with E-state index in [-0.39, 0.29) is 30.7 Å². The van der Waals surface area contributed by atoms with Crippen LogP contribution in [0.2, 0.25) is 10.0 Å². The van der Waals surface area contributed by atoms with Crippen molar-refractivity contribution in [2.45, 2.75) is 60.0 Å². The number of aryl methyl sites for hydroxylation is 5. The van der Waals surface area contributed by atoms with Gasteiger partial charge in [-0.1, -0.05) is 29.3 Å². The van der Waals surface area contributed by atoms with Crippen molar-refractivity contribution in [1.82, 2.24) is 24.1 Å². The van der Waals surface area contributed by atoms with Crippen LogP contribution >= 0.6 is 23.2 Å². The van der Waals surface area contributed by atoms with E-state index in [2.05, 4.69) is 26.4 Å². The molecule has 0 saturated carbocycles. The number of pyridine rings is 1. The maximum atomic E-state index is 15.5. The standard InChI is InChI=1S/C46H44Cl2N6O6/c1-24-17-31(18-25(2)41(24)48)60-16-8-9-32-33-10-11-35(47)40(39-27(4)50-23-51-28(39)5)43(33)54-26(3)21-53(45(55)44(32)54)36-12-13-38(59-7)34-20-37(46(56)57)52(42(34)36)22-29-19-30(58-6)14-15-49-29/h10-15,17-20,23,26H,8-9,16,21-22H2,1-7H3,(H,56,57). The normalized spacial score (nSPS) is 13.9. The van der Waals surface area contributed by atoms with E-state index in [9.17, 15) is 9.90 Å². The Morgan fingerprint density at radius 3 is 2.28 bits per heavy atom. The van der Waals surface area contributed by atoms with Crippen molar-refractivity contribution in [1.29, 1.82) is 0 Å². The van der Waals surface area contributed by atoms with Gasteiger partial charge in [-0.3, -0.25) is 9.78 Å². The van der Waals surface area contributed by atoms with Gasteiger partial charge in [0.05, 0.1) is 54.8 Å². The van der Waals surface area contributed by atoms with Gasteiger partial charge in [-0.25, -0.2) is 14.8 Å². The van der Waals surface area contributed by atoms with Gasteiger partial charge in [0.2, 0.25) is 0 Å². The molecule has 12 nitrogen and oxygen atoms in total. The summed E-state index contributed by atoms with van der Waals surface area (Å²) in [5, 5.41) is 13.2. The van der Waals surface area contributed by atoms with Crippen molar-refractivity contribution in [3.05, 3.63) is 122 Å². The van der Waals surface area contributed by atoms with Crippen LogP contribution in [0.15, 0.2) is 67.1 Å². The molecule has 1 aliphatic rings. The number of fused-ring (bicyclic) bond motifs is 4. The summed E-state index contributed by atoms with van der Waals surface area (Å²) in [6.45, 7) is 10.6. The van der Waals surface area contributed by atoms with Gasteiger partial charge in [0.15, 0.2) is 0 Å². The van der Waals surface area contributed by atoms with Crippen LogP contribution in [-0.4, -0.2) is 68.4 Å². The van der Waals surface area contributed by atoms with Crippen LogP contribution in [0.25, 0.3) is 32.9 Å². The van der Waals surface area contributed by atoms with Gasteiger partial charge in [0, 0.05) is 63.2 Å². The monoisotopic (exact) mass is 846 g/mol. The molecule has 5 heterocycles. The Hall–Kier alpha value is -6.11. The fourth-order valence-electron chi connectivity index (χ4n) is 8.66. The molecular weight excluding hydrogens is 803 g/mol. The van der Waals surface area contributed by atoms with Crippen LogP contribution in [-0.2, 0) is 13.0 Å². The molecule has 0 fully saturated rings. The molecule has 8 rings (SSSR count). The molecule has 0 bridgehead atoms. The summed E-state index contributed by atoms with van der Waals surface area (Å²) in [5.74, 6) is 0.423. The number of hydrogen-bond acceptors (Lipinski definition) is 8. The minimum Gasteiger partial charge on any atom is -0.497 e. The van der Waals surface area contributed by atoms with Gasteiger partial charge in [-0.2, -0.15) is 0 Å². The smallest absolute Gasteiger partial charge is 0.352 e. The number of benzene rings is 3. The van der Waals surface area contributed by atoms with Crippen molar-refractivity contribution < 1.29 is 28.9 Å². The number of rotatable bonds is 12. The lowest BCUT2D eigenvalue weighted by Gasteiger charge is -2.35. The molecule has 14 heteroatoms. The number of aromatic nitrogens is 5. The average molecular weight is 848 g/mol. The summed E-state index contributed by atoms with van der Waals surface area (Å²) < 4.78 is 21.3. The first-order valence-corrected chi connectivity index (χ1v) is 20.4. The quantitative estimate of drug-likeness (QED) is 0.119. The van der Waals surface area contributed by atoms with E-state index in [1.54, 1.807) is 53.4 Å². The molecule has 0 radical (unpaired) electrons. The predicted molar refractivity (Wildman–Crippen MR) is 234 cm³/mol. The Morgan fingerprint density at radius 2 is 1.60 bits per heavy atom. The minimum absolute atomic E-state index is 0.0221. The number of methoxy groups -OCH3 is 2. The number of carbonyl (C=O) groups is 2. The van der Waals surface area contributed by atoms with Crippen molar-refractivity contribution in [3.8, 4) is 28.4 Å². The van der Waals surface area contributed by atoms with Crippen LogP contribution in [0.1, 0.15) is 74.1 Å². The molecule has 0 aliphatic carbocycles. The number of carboxylic acid groups (broad SMARTS) is 1. The van der Waals surface area contributed by atoms with E-state index < -0.39 is 5.97 Å². The Balaban J connectivity index is 1.30. The van der Waals surface area contributed by atoms with Gasteiger partial charge in [-0.15, -0.1) is 0 Å². The molecule has 1 aliphatic heterocycles. The lowest BCUT2D eigenvalue weighted by molar-refractivity contribution is 0.0686. The molecule has 1 N–H and O–H groups in total. The number of hydrogen-bond donors (Lipinski definition) is 1. The summed E-state index contributed by atoms with van der Waals surface area (Å²) in [6, 6.07) is 16.2. The predicted octanol–water partition coefficient (Wildman–Crippen LogP) is 9.99. The topological polar surface area (TPSA) is 134 Å². The maximum Gasteiger partial charge on any atom is 0.352 e.